The zero-order chi connectivity index (χ0) is 25.2. The number of tetrazole rings is 1. The fourth-order valence-corrected chi connectivity index (χ4v) is 5.03. The molecule has 0 saturated carbocycles. The molecule has 3 aromatic rings. The van der Waals surface area contributed by atoms with E-state index in [2.05, 4.69) is 37.2 Å². The first kappa shape index (κ1) is 24.3. The van der Waals surface area contributed by atoms with Crippen LogP contribution in [0.1, 0.15) is 38.2 Å². The third-order valence-corrected chi connectivity index (χ3v) is 7.15. The lowest BCUT2D eigenvalue weighted by molar-refractivity contribution is 0.132. The minimum atomic E-state index is -0.476. The Morgan fingerprint density at radius 2 is 1.83 bits per heavy atom. The Balaban J connectivity index is 1.15. The number of nitrogens with two attached hydrogens (primary N) is 1. The highest BCUT2D eigenvalue weighted by Crippen LogP contribution is 2.31. The van der Waals surface area contributed by atoms with Gasteiger partial charge in [0.1, 0.15) is 11.6 Å². The van der Waals surface area contributed by atoms with Crippen molar-refractivity contribution in [1.82, 2.24) is 30.2 Å². The summed E-state index contributed by atoms with van der Waals surface area (Å²) in [7, 11) is 0. The maximum Gasteiger partial charge on any atom is 0.266 e. The number of halogens is 2. The standard InChI is InChI=1S/C24H31F2N9O/c1-3-35-31-24(30-32-35)33-8-6-16(7-9-33)15(2)36-18-11-28-23(29-12-18)34-13-20(22(27)14-34)19-10-17(25)4-5-21(19)26/h4-5,10-12,15-16,20,22H,3,6-9,13-14,27H2,1-2H3. The number of rotatable bonds is 7. The van der Waals surface area contributed by atoms with E-state index in [0.717, 1.165) is 38.1 Å². The molecule has 1 aromatic carbocycles. The van der Waals surface area contributed by atoms with Crippen molar-refractivity contribution in [3.05, 3.63) is 47.8 Å². The van der Waals surface area contributed by atoms with Gasteiger partial charge in [-0.2, -0.15) is 4.80 Å². The largest absolute Gasteiger partial charge is 0.487 e. The number of hydrogen-bond acceptors (Lipinski definition) is 9. The topological polar surface area (TPSA) is 111 Å². The minimum Gasteiger partial charge on any atom is -0.487 e. The Bertz CT molecular complexity index is 1170. The summed E-state index contributed by atoms with van der Waals surface area (Å²) in [6.07, 6.45) is 5.24. The molecule has 0 amide bonds. The van der Waals surface area contributed by atoms with Crippen molar-refractivity contribution in [2.45, 2.75) is 51.3 Å². The van der Waals surface area contributed by atoms with E-state index >= 15 is 0 Å². The van der Waals surface area contributed by atoms with Crippen LogP contribution < -0.4 is 20.3 Å². The van der Waals surface area contributed by atoms with Crippen molar-refractivity contribution in [1.29, 1.82) is 0 Å². The van der Waals surface area contributed by atoms with Gasteiger partial charge in [0, 0.05) is 38.1 Å². The van der Waals surface area contributed by atoms with Crippen molar-refractivity contribution in [2.24, 2.45) is 11.7 Å². The predicted octanol–water partition coefficient (Wildman–Crippen LogP) is 2.38. The van der Waals surface area contributed by atoms with E-state index in [-0.39, 0.29) is 23.6 Å². The molecular formula is C24H31F2N9O. The predicted molar refractivity (Wildman–Crippen MR) is 130 cm³/mol. The highest BCUT2D eigenvalue weighted by Gasteiger charge is 2.34. The Morgan fingerprint density at radius 1 is 1.08 bits per heavy atom. The van der Waals surface area contributed by atoms with E-state index in [1.165, 1.54) is 6.07 Å². The molecule has 192 valence electrons. The van der Waals surface area contributed by atoms with Gasteiger partial charge in [0.05, 0.1) is 25.0 Å². The zero-order valence-corrected chi connectivity index (χ0v) is 20.5. The summed E-state index contributed by atoms with van der Waals surface area (Å²) in [5, 5.41) is 12.6. The van der Waals surface area contributed by atoms with Gasteiger partial charge >= 0.3 is 0 Å². The number of anilines is 2. The fourth-order valence-electron chi connectivity index (χ4n) is 5.03. The molecule has 10 nitrogen and oxygen atoms in total. The first-order valence-electron chi connectivity index (χ1n) is 12.4. The third-order valence-electron chi connectivity index (χ3n) is 7.15. The van der Waals surface area contributed by atoms with E-state index in [1.54, 1.807) is 17.2 Å². The molecule has 0 aliphatic carbocycles. The van der Waals surface area contributed by atoms with Crippen LogP contribution in [-0.2, 0) is 6.54 Å². The summed E-state index contributed by atoms with van der Waals surface area (Å²) in [4.78, 5) is 14.6. The number of aryl methyl sites for hydroxylation is 1. The van der Waals surface area contributed by atoms with Crippen molar-refractivity contribution in [3.63, 3.8) is 0 Å². The minimum absolute atomic E-state index is 0.00132. The number of piperidine rings is 1. The summed E-state index contributed by atoms with van der Waals surface area (Å²) in [5.74, 6) is 0.885. The molecule has 3 unspecified atom stereocenters. The van der Waals surface area contributed by atoms with Crippen molar-refractivity contribution >= 4 is 11.9 Å². The van der Waals surface area contributed by atoms with Crippen LogP contribution in [0.5, 0.6) is 5.75 Å². The maximum atomic E-state index is 14.3. The van der Waals surface area contributed by atoms with Crippen LogP contribution in [0.2, 0.25) is 0 Å². The third kappa shape index (κ3) is 5.08. The SMILES string of the molecule is CCn1nnc(N2CCC(C(C)Oc3cnc(N4CC(N)C(c5cc(F)ccc5F)C4)nc3)CC2)n1. The Kier molecular flexibility index (Phi) is 6.95. The number of ether oxygens (including phenoxy) is 1. The van der Waals surface area contributed by atoms with Gasteiger partial charge in [-0.1, -0.05) is 5.10 Å². The first-order valence-corrected chi connectivity index (χ1v) is 12.4. The summed E-state index contributed by atoms with van der Waals surface area (Å²) in [5.41, 5.74) is 6.55. The molecule has 0 radical (unpaired) electrons. The van der Waals surface area contributed by atoms with E-state index in [1.807, 2.05) is 11.8 Å². The van der Waals surface area contributed by atoms with Crippen LogP contribution in [-0.4, -0.2) is 68.5 Å². The molecule has 2 aliphatic rings. The van der Waals surface area contributed by atoms with Crippen LogP contribution in [0, 0.1) is 17.6 Å². The highest BCUT2D eigenvalue weighted by atomic mass is 19.1. The number of benzene rings is 1. The highest BCUT2D eigenvalue weighted by molar-refractivity contribution is 5.39. The second-order valence-corrected chi connectivity index (χ2v) is 9.49. The van der Waals surface area contributed by atoms with Gasteiger partial charge in [-0.25, -0.2) is 18.7 Å². The Hall–Kier alpha value is -3.41. The molecule has 4 heterocycles. The maximum absolute atomic E-state index is 14.3. The molecule has 2 aromatic heterocycles. The lowest BCUT2D eigenvalue weighted by atomic mass is 9.92. The molecular weight excluding hydrogens is 468 g/mol. The molecule has 2 fully saturated rings. The lowest BCUT2D eigenvalue weighted by Gasteiger charge is -2.34. The fraction of sp³-hybridized carbons (Fsp3) is 0.542. The van der Waals surface area contributed by atoms with Gasteiger partial charge in [0.15, 0.2) is 5.75 Å². The molecule has 5 rings (SSSR count). The van der Waals surface area contributed by atoms with E-state index in [0.29, 0.717) is 43.2 Å². The van der Waals surface area contributed by atoms with E-state index in [4.69, 9.17) is 10.5 Å². The second kappa shape index (κ2) is 10.3. The van der Waals surface area contributed by atoms with Crippen LogP contribution in [0.3, 0.4) is 0 Å². The molecule has 0 spiro atoms. The average Bonchev–Trinajstić information content (AvgIpc) is 3.53. The normalized spacial score (nSPS) is 21.7. The van der Waals surface area contributed by atoms with Gasteiger partial charge in [-0.15, -0.1) is 5.10 Å². The van der Waals surface area contributed by atoms with E-state index in [9.17, 15) is 8.78 Å². The summed E-state index contributed by atoms with van der Waals surface area (Å²) < 4.78 is 34.1. The van der Waals surface area contributed by atoms with Gasteiger partial charge in [-0.05, 0) is 61.6 Å². The van der Waals surface area contributed by atoms with Gasteiger partial charge < -0.3 is 20.3 Å². The zero-order valence-electron chi connectivity index (χ0n) is 20.5. The monoisotopic (exact) mass is 499 g/mol. The van der Waals surface area contributed by atoms with Crippen LogP contribution in [0.15, 0.2) is 30.6 Å². The molecule has 2 N–H and O–H groups in total. The Labute approximate surface area is 208 Å². The average molecular weight is 500 g/mol. The summed E-state index contributed by atoms with van der Waals surface area (Å²) >= 11 is 0. The first-order chi connectivity index (χ1) is 17.4. The number of hydrogen-bond donors (Lipinski definition) is 1. The molecule has 2 aliphatic heterocycles. The van der Waals surface area contributed by atoms with Crippen LogP contribution in [0.4, 0.5) is 20.7 Å². The van der Waals surface area contributed by atoms with Crippen molar-refractivity contribution in [2.75, 3.05) is 36.0 Å². The quantitative estimate of drug-likeness (QED) is 0.524. The summed E-state index contributed by atoms with van der Waals surface area (Å²) in [6, 6.07) is 3.12. The van der Waals surface area contributed by atoms with E-state index < -0.39 is 11.6 Å². The molecule has 0 bridgehead atoms. The van der Waals surface area contributed by atoms with Gasteiger partial charge in [0.2, 0.25) is 5.95 Å². The van der Waals surface area contributed by atoms with Crippen LogP contribution in [0.25, 0.3) is 0 Å². The second-order valence-electron chi connectivity index (χ2n) is 9.49. The lowest BCUT2D eigenvalue weighted by Crippen LogP contribution is -2.39. The van der Waals surface area contributed by atoms with Gasteiger partial charge in [-0.3, -0.25) is 0 Å². The molecule has 36 heavy (non-hydrogen) atoms. The van der Waals surface area contributed by atoms with Crippen molar-refractivity contribution < 1.29 is 13.5 Å². The molecule has 3 atom stereocenters. The van der Waals surface area contributed by atoms with Crippen LogP contribution >= 0.6 is 0 Å². The van der Waals surface area contributed by atoms with Crippen molar-refractivity contribution in [3.8, 4) is 5.75 Å². The summed E-state index contributed by atoms with van der Waals surface area (Å²) in [6.45, 7) is 7.33. The smallest absolute Gasteiger partial charge is 0.266 e. The van der Waals surface area contributed by atoms with Gasteiger partial charge in [0.25, 0.3) is 5.95 Å². The Morgan fingerprint density at radius 3 is 2.53 bits per heavy atom. The number of nitrogens with zero attached hydrogens (tertiary/aromatic N) is 8. The molecule has 12 heteroatoms. The number of aromatic nitrogens is 6. The molecule has 2 saturated heterocycles.